The number of rotatable bonds is 3. The monoisotopic (exact) mass is 277 g/mol. The number of carbonyl (C=O) groups excluding carboxylic acids is 2. The first kappa shape index (κ1) is 14.9. The molecule has 1 N–H and O–H groups in total. The molecule has 0 aromatic heterocycles. The largest absolute Gasteiger partial charge is 0.354 e. The minimum Gasteiger partial charge on any atom is -0.354 e. The van der Waals surface area contributed by atoms with Crippen LogP contribution in [0.15, 0.2) is 0 Å². The number of nitrogens with zero attached hydrogens (tertiary/aromatic N) is 2. The van der Waals surface area contributed by atoms with E-state index < -0.39 is 16.1 Å². The molecule has 0 aliphatic carbocycles. The molecule has 1 aliphatic rings. The van der Waals surface area contributed by atoms with Gasteiger partial charge in [0.15, 0.2) is 0 Å². The molecule has 1 rings (SSSR count). The second kappa shape index (κ2) is 5.66. The fourth-order valence-corrected chi connectivity index (χ4v) is 2.03. The van der Waals surface area contributed by atoms with Crippen LogP contribution in [0, 0.1) is 0 Å². The van der Waals surface area contributed by atoms with E-state index in [9.17, 15) is 18.0 Å². The van der Waals surface area contributed by atoms with E-state index in [1.165, 1.54) is 11.9 Å². The fourth-order valence-electron chi connectivity index (χ4n) is 1.68. The van der Waals surface area contributed by atoms with Crippen molar-refractivity contribution in [3.63, 3.8) is 0 Å². The minimum absolute atomic E-state index is 0.206. The molecule has 104 valence electrons. The van der Waals surface area contributed by atoms with Crippen LogP contribution in [0.3, 0.4) is 0 Å². The van der Waals surface area contributed by atoms with E-state index in [2.05, 4.69) is 5.32 Å². The van der Waals surface area contributed by atoms with E-state index in [1.807, 2.05) is 0 Å². The van der Waals surface area contributed by atoms with Crippen LogP contribution in [-0.2, 0) is 19.6 Å². The van der Waals surface area contributed by atoms with Crippen LogP contribution in [0.1, 0.15) is 13.3 Å². The van der Waals surface area contributed by atoms with Gasteiger partial charge in [0.05, 0.1) is 12.8 Å². The molecule has 0 aromatic rings. The predicted molar refractivity (Wildman–Crippen MR) is 66.3 cm³/mol. The highest BCUT2D eigenvalue weighted by Gasteiger charge is 2.29. The highest BCUT2D eigenvalue weighted by molar-refractivity contribution is 7.88. The lowest BCUT2D eigenvalue weighted by molar-refractivity contribution is -0.138. The molecule has 18 heavy (non-hydrogen) atoms. The van der Waals surface area contributed by atoms with Gasteiger partial charge in [0.25, 0.3) is 0 Å². The smallest absolute Gasteiger partial charge is 0.242 e. The number of sulfonamides is 1. The number of hydrogen-bond acceptors (Lipinski definition) is 4. The zero-order valence-electron chi connectivity index (χ0n) is 10.8. The van der Waals surface area contributed by atoms with Crippen LogP contribution in [0.25, 0.3) is 0 Å². The van der Waals surface area contributed by atoms with E-state index in [1.54, 1.807) is 6.92 Å². The second-order valence-electron chi connectivity index (χ2n) is 4.43. The summed E-state index contributed by atoms with van der Waals surface area (Å²) in [6.45, 7) is 2.39. The Bertz CT molecular complexity index is 434. The van der Waals surface area contributed by atoms with Gasteiger partial charge in [0.1, 0.15) is 6.04 Å². The molecule has 8 heteroatoms. The maximum atomic E-state index is 12.0. The van der Waals surface area contributed by atoms with E-state index in [0.29, 0.717) is 19.5 Å². The van der Waals surface area contributed by atoms with Gasteiger partial charge >= 0.3 is 0 Å². The Balaban J connectivity index is 2.73. The number of amides is 2. The molecule has 1 heterocycles. The molecule has 1 aliphatic heterocycles. The Labute approximate surface area is 107 Å². The zero-order chi connectivity index (χ0) is 13.9. The van der Waals surface area contributed by atoms with Gasteiger partial charge in [-0.2, -0.15) is 4.31 Å². The van der Waals surface area contributed by atoms with E-state index >= 15 is 0 Å². The Hall–Kier alpha value is -1.15. The van der Waals surface area contributed by atoms with Gasteiger partial charge in [-0.15, -0.1) is 0 Å². The lowest BCUT2D eigenvalue weighted by Gasteiger charge is -2.27. The third kappa shape index (κ3) is 3.67. The molecule has 0 aromatic carbocycles. The Morgan fingerprint density at radius 1 is 1.56 bits per heavy atom. The van der Waals surface area contributed by atoms with Gasteiger partial charge in [0, 0.05) is 20.1 Å². The number of likely N-dealkylation sites (N-methyl/N-ethyl adjacent to an activating group) is 1. The fraction of sp³-hybridized carbons (Fsp3) is 0.800. The van der Waals surface area contributed by atoms with Crippen molar-refractivity contribution in [3.05, 3.63) is 0 Å². The highest BCUT2D eigenvalue weighted by Crippen LogP contribution is 2.07. The van der Waals surface area contributed by atoms with Gasteiger partial charge in [0.2, 0.25) is 21.8 Å². The minimum atomic E-state index is -3.39. The Morgan fingerprint density at radius 2 is 2.17 bits per heavy atom. The summed E-state index contributed by atoms with van der Waals surface area (Å²) in [7, 11) is -2.05. The average Bonchev–Trinajstić information content (AvgIpc) is 2.41. The number of carbonyl (C=O) groups is 2. The van der Waals surface area contributed by atoms with Crippen molar-refractivity contribution in [1.29, 1.82) is 0 Å². The first-order valence-corrected chi connectivity index (χ1v) is 7.57. The van der Waals surface area contributed by atoms with Gasteiger partial charge in [-0.25, -0.2) is 8.42 Å². The summed E-state index contributed by atoms with van der Waals surface area (Å²) in [6.07, 6.45) is 1.71. The van der Waals surface area contributed by atoms with E-state index in [4.69, 9.17) is 0 Å². The summed E-state index contributed by atoms with van der Waals surface area (Å²) in [5, 5.41) is 2.70. The average molecular weight is 277 g/mol. The number of hydrogen-bond donors (Lipinski definition) is 1. The highest BCUT2D eigenvalue weighted by atomic mass is 32.2. The summed E-state index contributed by atoms with van der Waals surface area (Å²) >= 11 is 0. The molecule has 1 fully saturated rings. The summed E-state index contributed by atoms with van der Waals surface area (Å²) in [5.74, 6) is -0.560. The molecule has 1 saturated heterocycles. The van der Waals surface area contributed by atoms with Gasteiger partial charge < -0.3 is 10.2 Å². The maximum Gasteiger partial charge on any atom is 0.242 e. The molecule has 1 atom stereocenters. The van der Waals surface area contributed by atoms with Crippen LogP contribution < -0.4 is 5.32 Å². The van der Waals surface area contributed by atoms with Crippen molar-refractivity contribution < 1.29 is 18.0 Å². The first-order valence-electron chi connectivity index (χ1n) is 5.72. The lowest BCUT2D eigenvalue weighted by atomic mass is 10.2. The molecule has 0 spiro atoms. The van der Waals surface area contributed by atoms with Crippen LogP contribution >= 0.6 is 0 Å². The van der Waals surface area contributed by atoms with E-state index in [-0.39, 0.29) is 18.4 Å². The quantitative estimate of drug-likeness (QED) is 0.688. The molecular weight excluding hydrogens is 258 g/mol. The van der Waals surface area contributed by atoms with Crippen molar-refractivity contribution in [2.24, 2.45) is 0 Å². The SMILES string of the molecule is CC1C(=O)NCCCN1C(=O)CN(C)S(C)(=O)=O. The topological polar surface area (TPSA) is 86.8 Å². The normalized spacial score (nSPS) is 21.7. The molecular formula is C10H19N3O4S. The Morgan fingerprint density at radius 3 is 2.72 bits per heavy atom. The summed E-state index contributed by atoms with van der Waals surface area (Å²) < 4.78 is 23.5. The van der Waals surface area contributed by atoms with E-state index in [0.717, 1.165) is 10.6 Å². The van der Waals surface area contributed by atoms with Gasteiger partial charge in [-0.3, -0.25) is 9.59 Å². The maximum absolute atomic E-state index is 12.0. The van der Waals surface area contributed by atoms with Gasteiger partial charge in [-0.1, -0.05) is 0 Å². The first-order chi connectivity index (χ1) is 8.23. The molecule has 7 nitrogen and oxygen atoms in total. The molecule has 0 bridgehead atoms. The number of nitrogens with one attached hydrogen (secondary N) is 1. The molecule has 1 unspecified atom stereocenters. The van der Waals surface area contributed by atoms with Crippen molar-refractivity contribution >= 4 is 21.8 Å². The van der Waals surface area contributed by atoms with Crippen LogP contribution in [0.2, 0.25) is 0 Å². The van der Waals surface area contributed by atoms with Crippen molar-refractivity contribution in [1.82, 2.24) is 14.5 Å². The summed E-state index contributed by atoms with van der Waals surface area (Å²) in [6, 6.07) is -0.562. The third-order valence-corrected chi connectivity index (χ3v) is 4.23. The van der Waals surface area contributed by atoms with Gasteiger partial charge in [-0.05, 0) is 13.3 Å². The second-order valence-corrected chi connectivity index (χ2v) is 6.52. The zero-order valence-corrected chi connectivity index (χ0v) is 11.7. The predicted octanol–water partition coefficient (Wildman–Crippen LogP) is -1.39. The lowest BCUT2D eigenvalue weighted by Crippen LogP contribution is -2.48. The van der Waals surface area contributed by atoms with Crippen LogP contribution in [0.5, 0.6) is 0 Å². The summed E-state index contributed by atoms with van der Waals surface area (Å²) in [5.41, 5.74) is 0. The van der Waals surface area contributed by atoms with Crippen molar-refractivity contribution in [3.8, 4) is 0 Å². The Kier molecular flexibility index (Phi) is 4.69. The standard InChI is InChI=1S/C10H19N3O4S/c1-8-10(15)11-5-4-6-13(8)9(14)7-12(2)18(3,16)17/h8H,4-7H2,1-3H3,(H,11,15). The molecule has 0 radical (unpaired) electrons. The third-order valence-electron chi connectivity index (χ3n) is 2.97. The van der Waals surface area contributed by atoms with Crippen molar-refractivity contribution in [2.45, 2.75) is 19.4 Å². The van der Waals surface area contributed by atoms with Crippen LogP contribution in [-0.4, -0.2) is 68.4 Å². The van der Waals surface area contributed by atoms with Crippen molar-refractivity contribution in [2.75, 3.05) is 32.9 Å². The summed E-state index contributed by atoms with van der Waals surface area (Å²) in [4.78, 5) is 25.0. The van der Waals surface area contributed by atoms with Crippen LogP contribution in [0.4, 0.5) is 0 Å². The molecule has 2 amide bonds. The molecule has 0 saturated carbocycles.